The molecule has 2 aromatic heterocycles. The molecule has 0 spiro atoms. The van der Waals surface area contributed by atoms with Gasteiger partial charge in [0.05, 0.1) is 0 Å². The summed E-state index contributed by atoms with van der Waals surface area (Å²) in [4.78, 5) is 17.2. The Kier molecular flexibility index (Phi) is 4.02. The van der Waals surface area contributed by atoms with E-state index >= 15 is 0 Å². The van der Waals surface area contributed by atoms with E-state index in [0.29, 0.717) is 18.7 Å². The van der Waals surface area contributed by atoms with Gasteiger partial charge in [-0.2, -0.15) is 10.2 Å². The van der Waals surface area contributed by atoms with Crippen LogP contribution in [0.2, 0.25) is 0 Å². The van der Waals surface area contributed by atoms with Crippen LogP contribution in [0.1, 0.15) is 12.8 Å². The summed E-state index contributed by atoms with van der Waals surface area (Å²) in [5.74, 6) is 0.661. The predicted octanol–water partition coefficient (Wildman–Crippen LogP) is 1.39. The van der Waals surface area contributed by atoms with Gasteiger partial charge in [0.25, 0.3) is 5.91 Å². The van der Waals surface area contributed by atoms with E-state index in [9.17, 15) is 4.79 Å². The minimum absolute atomic E-state index is 0.0369. The first-order chi connectivity index (χ1) is 12.3. The number of amides is 1. The summed E-state index contributed by atoms with van der Waals surface area (Å²) < 4.78 is 1.78. The van der Waals surface area contributed by atoms with Gasteiger partial charge in [0.1, 0.15) is 11.9 Å². The van der Waals surface area contributed by atoms with Crippen LogP contribution in [0.3, 0.4) is 0 Å². The Labute approximate surface area is 144 Å². The largest absolute Gasteiger partial charge is 0.324 e. The van der Waals surface area contributed by atoms with Crippen molar-refractivity contribution in [3.63, 3.8) is 0 Å². The number of nitrogens with one attached hydrogen (secondary N) is 3. The molecule has 0 radical (unpaired) electrons. The highest BCUT2D eigenvalue weighted by molar-refractivity contribution is 5.96. The number of carbonyl (C=O) groups excluding carboxylic acids is 1. The molecule has 1 aliphatic heterocycles. The first-order valence-corrected chi connectivity index (χ1v) is 8.26. The van der Waals surface area contributed by atoms with Crippen LogP contribution in [0.15, 0.2) is 49.1 Å². The molecule has 1 aliphatic rings. The van der Waals surface area contributed by atoms with Crippen LogP contribution < -0.4 is 10.6 Å². The fraction of sp³-hybridized carbons (Fsp3) is 0.294. The maximum absolute atomic E-state index is 13.1. The lowest BCUT2D eigenvalue weighted by atomic mass is 9.87. The smallest absolute Gasteiger partial charge is 0.252 e. The minimum atomic E-state index is -0.654. The zero-order valence-electron chi connectivity index (χ0n) is 13.6. The molecule has 8 heteroatoms. The topological polar surface area (TPSA) is 101 Å². The number of H-pyrrole nitrogens is 1. The van der Waals surface area contributed by atoms with Crippen molar-refractivity contribution >= 4 is 11.6 Å². The first kappa shape index (κ1) is 15.5. The lowest BCUT2D eigenvalue weighted by Crippen LogP contribution is -2.52. The van der Waals surface area contributed by atoms with E-state index in [1.54, 1.807) is 10.9 Å². The van der Waals surface area contributed by atoms with Gasteiger partial charge in [0, 0.05) is 23.6 Å². The van der Waals surface area contributed by atoms with Crippen molar-refractivity contribution in [3.8, 4) is 11.4 Å². The van der Waals surface area contributed by atoms with Gasteiger partial charge >= 0.3 is 0 Å². The van der Waals surface area contributed by atoms with Gasteiger partial charge in [-0.1, -0.05) is 0 Å². The summed E-state index contributed by atoms with van der Waals surface area (Å²) in [6.07, 6.45) is 6.45. The monoisotopic (exact) mass is 337 g/mol. The molecule has 1 aromatic carbocycles. The van der Waals surface area contributed by atoms with Crippen molar-refractivity contribution in [2.24, 2.45) is 0 Å². The van der Waals surface area contributed by atoms with Gasteiger partial charge in [-0.3, -0.25) is 14.6 Å². The molecular weight excluding hydrogens is 318 g/mol. The molecule has 0 saturated carbocycles. The summed E-state index contributed by atoms with van der Waals surface area (Å²) in [7, 11) is 0. The fourth-order valence-electron chi connectivity index (χ4n) is 3.23. The third kappa shape index (κ3) is 2.91. The van der Waals surface area contributed by atoms with Crippen LogP contribution in [-0.4, -0.2) is 44.0 Å². The second-order valence-electron chi connectivity index (χ2n) is 6.10. The molecule has 0 atom stereocenters. The van der Waals surface area contributed by atoms with Crippen molar-refractivity contribution in [1.82, 2.24) is 30.3 Å². The van der Waals surface area contributed by atoms with E-state index in [2.05, 4.69) is 30.9 Å². The summed E-state index contributed by atoms with van der Waals surface area (Å²) in [5.41, 5.74) is 1.01. The Hall–Kier alpha value is -3.00. The molecule has 3 aromatic rings. The minimum Gasteiger partial charge on any atom is -0.324 e. The van der Waals surface area contributed by atoms with Gasteiger partial charge in [-0.25, -0.2) is 4.98 Å². The number of rotatable bonds is 4. The summed E-state index contributed by atoms with van der Waals surface area (Å²) in [6, 6.07) is 9.39. The standard InChI is InChI=1S/C17H19N7O/c25-16(17(6-9-18-10-7-17)24-11-1-8-21-24)22-14-4-2-13(3-5-14)15-19-12-20-23-15/h1-5,8,11-12,18H,6-7,9-10H2,(H,22,25)(H,19,20,23). The third-order valence-corrected chi connectivity index (χ3v) is 4.63. The van der Waals surface area contributed by atoms with Crippen LogP contribution >= 0.6 is 0 Å². The van der Waals surface area contributed by atoms with Crippen LogP contribution in [0, 0.1) is 0 Å². The Morgan fingerprint density at radius 1 is 1.20 bits per heavy atom. The van der Waals surface area contributed by atoms with E-state index in [1.807, 2.05) is 36.5 Å². The highest BCUT2D eigenvalue weighted by atomic mass is 16.2. The molecule has 1 amide bonds. The van der Waals surface area contributed by atoms with E-state index in [4.69, 9.17) is 0 Å². The average molecular weight is 337 g/mol. The number of aromatic amines is 1. The molecule has 0 bridgehead atoms. The van der Waals surface area contributed by atoms with Gasteiger partial charge in [-0.15, -0.1) is 0 Å². The van der Waals surface area contributed by atoms with E-state index < -0.39 is 5.54 Å². The van der Waals surface area contributed by atoms with Gasteiger partial charge in [-0.05, 0) is 56.3 Å². The first-order valence-electron chi connectivity index (χ1n) is 8.26. The molecule has 3 N–H and O–H groups in total. The Balaban J connectivity index is 1.55. The summed E-state index contributed by atoms with van der Waals surface area (Å²) in [5, 5.41) is 17.3. The molecule has 8 nitrogen and oxygen atoms in total. The van der Waals surface area contributed by atoms with Gasteiger partial charge in [0.2, 0.25) is 0 Å². The maximum Gasteiger partial charge on any atom is 0.252 e. The number of anilines is 1. The van der Waals surface area contributed by atoms with Crippen LogP contribution in [0.25, 0.3) is 11.4 Å². The second kappa shape index (κ2) is 6.48. The molecule has 4 rings (SSSR count). The molecular formula is C17H19N7O. The normalized spacial score (nSPS) is 16.5. The zero-order chi connectivity index (χ0) is 17.1. The Morgan fingerprint density at radius 2 is 2.00 bits per heavy atom. The molecule has 0 unspecified atom stereocenters. The van der Waals surface area contributed by atoms with E-state index in [1.165, 1.54) is 6.33 Å². The fourth-order valence-corrected chi connectivity index (χ4v) is 3.23. The lowest BCUT2D eigenvalue weighted by Gasteiger charge is -2.36. The maximum atomic E-state index is 13.1. The lowest BCUT2D eigenvalue weighted by molar-refractivity contribution is -0.126. The van der Waals surface area contributed by atoms with Crippen molar-refractivity contribution in [2.45, 2.75) is 18.4 Å². The van der Waals surface area contributed by atoms with Crippen LogP contribution in [0.5, 0.6) is 0 Å². The zero-order valence-corrected chi connectivity index (χ0v) is 13.6. The third-order valence-electron chi connectivity index (χ3n) is 4.63. The second-order valence-corrected chi connectivity index (χ2v) is 6.10. The number of hydrogen-bond donors (Lipinski definition) is 3. The van der Waals surface area contributed by atoms with Crippen molar-refractivity contribution in [3.05, 3.63) is 49.1 Å². The SMILES string of the molecule is O=C(Nc1ccc(-c2ncn[nH]2)cc1)C1(n2cccn2)CCNCC1. The van der Waals surface area contributed by atoms with Crippen molar-refractivity contribution in [1.29, 1.82) is 0 Å². The predicted molar refractivity (Wildman–Crippen MR) is 92.8 cm³/mol. The molecule has 0 aliphatic carbocycles. The number of nitrogens with zero attached hydrogens (tertiary/aromatic N) is 4. The summed E-state index contributed by atoms with van der Waals surface area (Å²) in [6.45, 7) is 1.58. The van der Waals surface area contributed by atoms with E-state index in [0.717, 1.165) is 24.3 Å². The molecule has 25 heavy (non-hydrogen) atoms. The quantitative estimate of drug-likeness (QED) is 0.668. The number of carbonyl (C=O) groups is 1. The Bertz CT molecular complexity index is 819. The number of benzene rings is 1. The Morgan fingerprint density at radius 3 is 2.64 bits per heavy atom. The van der Waals surface area contributed by atoms with Crippen LogP contribution in [0.4, 0.5) is 5.69 Å². The number of hydrogen-bond acceptors (Lipinski definition) is 5. The highest BCUT2D eigenvalue weighted by Crippen LogP contribution is 2.29. The van der Waals surface area contributed by atoms with Crippen molar-refractivity contribution < 1.29 is 4.79 Å². The average Bonchev–Trinajstić information content (AvgIpc) is 3.37. The molecule has 1 fully saturated rings. The molecule has 128 valence electrons. The number of aromatic nitrogens is 5. The molecule has 1 saturated heterocycles. The van der Waals surface area contributed by atoms with E-state index in [-0.39, 0.29) is 5.91 Å². The summed E-state index contributed by atoms with van der Waals surface area (Å²) >= 11 is 0. The molecule has 3 heterocycles. The van der Waals surface area contributed by atoms with Gasteiger partial charge in [0.15, 0.2) is 5.82 Å². The highest BCUT2D eigenvalue weighted by Gasteiger charge is 2.42. The van der Waals surface area contributed by atoms with Gasteiger partial charge < -0.3 is 10.6 Å². The van der Waals surface area contributed by atoms with Crippen molar-refractivity contribution in [2.75, 3.05) is 18.4 Å². The number of piperidine rings is 1. The van der Waals surface area contributed by atoms with Crippen LogP contribution in [-0.2, 0) is 10.3 Å².